The Morgan fingerprint density at radius 2 is 1.44 bits per heavy atom. The first-order valence-corrected chi connectivity index (χ1v) is 4.70. The largest absolute Gasteiger partial charge is 0.481 e. The van der Waals surface area contributed by atoms with E-state index >= 15 is 0 Å². The van der Waals surface area contributed by atoms with Crippen molar-refractivity contribution in [2.24, 2.45) is 5.92 Å². The van der Waals surface area contributed by atoms with E-state index < -0.39 is 36.3 Å². The van der Waals surface area contributed by atoms with Gasteiger partial charge in [-0.1, -0.05) is 13.8 Å². The first-order chi connectivity index (χ1) is 7.25. The van der Waals surface area contributed by atoms with E-state index in [9.17, 15) is 14.4 Å². The van der Waals surface area contributed by atoms with Gasteiger partial charge in [-0.25, -0.2) is 0 Å². The molecule has 7 heteroatoms. The van der Waals surface area contributed by atoms with Gasteiger partial charge in [0.1, 0.15) is 6.04 Å². The molecule has 0 heterocycles. The van der Waals surface area contributed by atoms with Crippen molar-refractivity contribution in [3.8, 4) is 0 Å². The Hall–Kier alpha value is -1.63. The van der Waals surface area contributed by atoms with Crippen molar-refractivity contribution in [1.82, 2.24) is 5.32 Å². The molecule has 16 heavy (non-hydrogen) atoms. The lowest BCUT2D eigenvalue weighted by Gasteiger charge is -2.18. The Bertz CT molecular complexity index is 274. The highest BCUT2D eigenvalue weighted by Gasteiger charge is 2.32. The van der Waals surface area contributed by atoms with Crippen LogP contribution in [0, 0.1) is 5.92 Å². The maximum Gasteiger partial charge on any atom is 0.320 e. The van der Waals surface area contributed by atoms with Gasteiger partial charge in [-0.05, 0) is 6.42 Å². The van der Waals surface area contributed by atoms with Gasteiger partial charge in [0, 0.05) is 6.04 Å². The van der Waals surface area contributed by atoms with E-state index in [1.165, 1.54) is 0 Å². The average molecular weight is 233 g/mol. The Kier molecular flexibility index (Phi) is 5.44. The molecule has 0 spiro atoms. The summed E-state index contributed by atoms with van der Waals surface area (Å²) in [7, 11) is 0. The summed E-state index contributed by atoms with van der Waals surface area (Å²) in [5.74, 6) is -6.05. The van der Waals surface area contributed by atoms with Gasteiger partial charge in [0.05, 0.1) is 0 Å². The second-order valence-corrected chi connectivity index (χ2v) is 3.68. The highest BCUT2D eigenvalue weighted by atomic mass is 16.4. The molecule has 7 nitrogen and oxygen atoms in total. The van der Waals surface area contributed by atoms with Gasteiger partial charge in [-0.3, -0.25) is 14.4 Å². The van der Waals surface area contributed by atoms with Crippen molar-refractivity contribution in [3.63, 3.8) is 0 Å². The third-order valence-electron chi connectivity index (χ3n) is 1.90. The quantitative estimate of drug-likeness (QED) is 0.441. The SMILES string of the molecule is CC(C)NC(CC(C(=O)O)C(=O)O)C(=O)O. The number of carbonyl (C=O) groups is 3. The van der Waals surface area contributed by atoms with Gasteiger partial charge in [-0.2, -0.15) is 0 Å². The molecule has 0 aromatic heterocycles. The zero-order valence-electron chi connectivity index (χ0n) is 9.01. The van der Waals surface area contributed by atoms with E-state index in [0.717, 1.165) is 0 Å². The predicted octanol–water partition coefficient (Wildman–Crippen LogP) is -0.387. The standard InChI is InChI=1S/C9H15NO6/c1-4(2)10-6(9(15)16)3-5(7(11)12)8(13)14/h4-6,10H,3H2,1-2H3,(H,11,12)(H,13,14)(H,15,16). The molecule has 0 rings (SSSR count). The van der Waals surface area contributed by atoms with Crippen molar-refractivity contribution in [2.75, 3.05) is 0 Å². The van der Waals surface area contributed by atoms with E-state index in [1.54, 1.807) is 13.8 Å². The van der Waals surface area contributed by atoms with Gasteiger partial charge in [0.25, 0.3) is 0 Å². The Morgan fingerprint density at radius 3 is 1.69 bits per heavy atom. The number of hydrogen-bond acceptors (Lipinski definition) is 4. The molecule has 0 amide bonds. The summed E-state index contributed by atoms with van der Waals surface area (Å²) in [6, 6.07) is -1.36. The molecule has 0 aromatic carbocycles. The van der Waals surface area contributed by atoms with Crippen molar-refractivity contribution in [1.29, 1.82) is 0 Å². The summed E-state index contributed by atoms with van der Waals surface area (Å²) >= 11 is 0. The average Bonchev–Trinajstić information content (AvgIpc) is 2.09. The third kappa shape index (κ3) is 4.74. The van der Waals surface area contributed by atoms with Gasteiger partial charge < -0.3 is 20.6 Å². The van der Waals surface area contributed by atoms with E-state index in [0.29, 0.717) is 0 Å². The fourth-order valence-corrected chi connectivity index (χ4v) is 1.19. The Labute approximate surface area is 92.1 Å². The topological polar surface area (TPSA) is 124 Å². The van der Waals surface area contributed by atoms with Crippen molar-refractivity contribution < 1.29 is 29.7 Å². The van der Waals surface area contributed by atoms with Crippen molar-refractivity contribution >= 4 is 17.9 Å². The highest BCUT2D eigenvalue weighted by molar-refractivity contribution is 5.93. The first-order valence-electron chi connectivity index (χ1n) is 4.70. The van der Waals surface area contributed by atoms with Crippen LogP contribution in [0.3, 0.4) is 0 Å². The molecule has 0 saturated carbocycles. The van der Waals surface area contributed by atoms with Crippen LogP contribution < -0.4 is 5.32 Å². The minimum Gasteiger partial charge on any atom is -0.481 e. The van der Waals surface area contributed by atoms with E-state index in [2.05, 4.69) is 5.32 Å². The van der Waals surface area contributed by atoms with Crippen LogP contribution in [0.2, 0.25) is 0 Å². The Balaban J connectivity index is 4.64. The van der Waals surface area contributed by atoms with Gasteiger partial charge in [0.2, 0.25) is 0 Å². The summed E-state index contributed by atoms with van der Waals surface area (Å²) in [6.45, 7) is 3.37. The summed E-state index contributed by atoms with van der Waals surface area (Å²) in [5.41, 5.74) is 0. The number of carboxylic acid groups (broad SMARTS) is 3. The van der Waals surface area contributed by atoms with Gasteiger partial charge in [-0.15, -0.1) is 0 Å². The summed E-state index contributed by atoms with van der Waals surface area (Å²) in [6.07, 6.45) is -0.488. The molecule has 0 aliphatic heterocycles. The molecular weight excluding hydrogens is 218 g/mol. The van der Waals surface area contributed by atoms with Crippen LogP contribution in [0.5, 0.6) is 0 Å². The smallest absolute Gasteiger partial charge is 0.320 e. The lowest BCUT2D eigenvalue weighted by Crippen LogP contribution is -2.44. The molecule has 0 fully saturated rings. The second kappa shape index (κ2) is 6.06. The second-order valence-electron chi connectivity index (χ2n) is 3.68. The van der Waals surface area contributed by atoms with Gasteiger partial charge in [0.15, 0.2) is 5.92 Å². The predicted molar refractivity (Wildman–Crippen MR) is 53.1 cm³/mol. The van der Waals surface area contributed by atoms with E-state index in [-0.39, 0.29) is 6.04 Å². The van der Waals surface area contributed by atoms with Crippen LogP contribution in [0.25, 0.3) is 0 Å². The van der Waals surface area contributed by atoms with Crippen LogP contribution in [-0.2, 0) is 14.4 Å². The fourth-order valence-electron chi connectivity index (χ4n) is 1.19. The lowest BCUT2D eigenvalue weighted by atomic mass is 9.99. The number of nitrogens with one attached hydrogen (secondary N) is 1. The molecule has 4 N–H and O–H groups in total. The minimum atomic E-state index is -1.72. The third-order valence-corrected chi connectivity index (χ3v) is 1.90. The molecule has 1 unspecified atom stereocenters. The molecule has 0 aliphatic carbocycles. The van der Waals surface area contributed by atoms with Crippen molar-refractivity contribution in [3.05, 3.63) is 0 Å². The van der Waals surface area contributed by atoms with Crippen LogP contribution >= 0.6 is 0 Å². The van der Waals surface area contributed by atoms with E-state index in [1.807, 2.05) is 0 Å². The first kappa shape index (κ1) is 14.4. The lowest BCUT2D eigenvalue weighted by molar-refractivity contribution is -0.155. The monoisotopic (exact) mass is 233 g/mol. The zero-order chi connectivity index (χ0) is 12.9. The molecule has 92 valence electrons. The number of carboxylic acids is 3. The number of rotatable bonds is 7. The molecule has 0 aliphatic rings. The molecule has 0 radical (unpaired) electrons. The summed E-state index contributed by atoms with van der Waals surface area (Å²) < 4.78 is 0. The Morgan fingerprint density at radius 1 is 1.00 bits per heavy atom. The molecular formula is C9H15NO6. The zero-order valence-corrected chi connectivity index (χ0v) is 9.01. The summed E-state index contributed by atoms with van der Waals surface area (Å²) in [5, 5.41) is 28.6. The van der Waals surface area contributed by atoms with Crippen LogP contribution in [0.4, 0.5) is 0 Å². The maximum atomic E-state index is 10.8. The van der Waals surface area contributed by atoms with Crippen LogP contribution in [0.1, 0.15) is 20.3 Å². The van der Waals surface area contributed by atoms with Crippen molar-refractivity contribution in [2.45, 2.75) is 32.4 Å². The fraction of sp³-hybridized carbons (Fsp3) is 0.667. The van der Waals surface area contributed by atoms with E-state index in [4.69, 9.17) is 15.3 Å². The van der Waals surface area contributed by atoms with Gasteiger partial charge >= 0.3 is 17.9 Å². The normalized spacial score (nSPS) is 12.8. The van der Waals surface area contributed by atoms with Crippen LogP contribution in [0.15, 0.2) is 0 Å². The minimum absolute atomic E-state index is 0.177. The maximum absolute atomic E-state index is 10.8. The highest BCUT2D eigenvalue weighted by Crippen LogP contribution is 2.09. The molecule has 1 atom stereocenters. The molecule has 0 bridgehead atoms. The number of hydrogen-bond donors (Lipinski definition) is 4. The summed E-state index contributed by atoms with van der Waals surface area (Å²) in [4.78, 5) is 31.9. The molecule has 0 aromatic rings. The molecule has 0 saturated heterocycles. The number of aliphatic carboxylic acids is 3. The van der Waals surface area contributed by atoms with Crippen LogP contribution in [-0.4, -0.2) is 45.3 Å².